The highest BCUT2D eigenvalue weighted by Crippen LogP contribution is 2.55. The first-order valence-corrected chi connectivity index (χ1v) is 43.3. The molecule has 0 aromatic heterocycles. The van der Waals surface area contributed by atoms with Gasteiger partial charge < -0.3 is 23.7 Å². The van der Waals surface area contributed by atoms with Crippen molar-refractivity contribution in [3.05, 3.63) is 263 Å². The van der Waals surface area contributed by atoms with E-state index in [0.29, 0.717) is 101 Å². The van der Waals surface area contributed by atoms with Gasteiger partial charge >= 0.3 is 0 Å². The highest BCUT2D eigenvalue weighted by molar-refractivity contribution is 7.86. The molecule has 0 fully saturated rings. The fourth-order valence-electron chi connectivity index (χ4n) is 12.8. The van der Waals surface area contributed by atoms with E-state index in [-0.39, 0.29) is 25.0 Å². The molecule has 0 saturated carbocycles. The van der Waals surface area contributed by atoms with Crippen LogP contribution in [0, 0.1) is 0 Å². The molecule has 0 atom stereocenters. The van der Waals surface area contributed by atoms with E-state index in [4.69, 9.17) is 23.7 Å². The minimum absolute atomic E-state index is 0.161. The minimum Gasteiger partial charge on any atom is -0.494 e. The van der Waals surface area contributed by atoms with Crippen LogP contribution in [0.15, 0.2) is 238 Å². The van der Waals surface area contributed by atoms with E-state index >= 15 is 0 Å². The summed E-state index contributed by atoms with van der Waals surface area (Å²) in [6.07, 6.45) is 5.09. The van der Waals surface area contributed by atoms with Crippen molar-refractivity contribution in [3.8, 4) is 34.5 Å². The van der Waals surface area contributed by atoms with Gasteiger partial charge in [-0.15, -0.1) is 0 Å². The molecule has 0 aliphatic carbocycles. The van der Waals surface area contributed by atoms with Crippen molar-refractivity contribution in [1.29, 1.82) is 0 Å². The van der Waals surface area contributed by atoms with E-state index in [0.717, 1.165) is 87.8 Å². The van der Waals surface area contributed by atoms with Gasteiger partial charge in [0.15, 0.2) is 0 Å². The van der Waals surface area contributed by atoms with E-state index in [1.54, 1.807) is 48.5 Å². The monoisotopic (exact) mass is 1550 g/mol. The third-order valence-electron chi connectivity index (χ3n) is 18.7. The molecule has 1 aliphatic heterocycles. The number of rotatable bonds is 30. The maximum absolute atomic E-state index is 11.7. The molecule has 4 N–H and O–H groups in total. The van der Waals surface area contributed by atoms with Crippen LogP contribution in [-0.4, -0.2) is 78.3 Å². The van der Waals surface area contributed by atoms with Crippen molar-refractivity contribution in [1.82, 2.24) is 0 Å². The highest BCUT2D eigenvalue weighted by Gasteiger charge is 2.43. The van der Waals surface area contributed by atoms with Crippen molar-refractivity contribution in [2.24, 2.45) is 0 Å². The van der Waals surface area contributed by atoms with Crippen molar-refractivity contribution < 1.29 is 75.6 Å². The van der Waals surface area contributed by atoms with Gasteiger partial charge in [0.05, 0.1) is 46.0 Å². The van der Waals surface area contributed by atoms with Gasteiger partial charge in [0, 0.05) is 27.2 Å². The molecule has 0 amide bonds. The summed E-state index contributed by atoms with van der Waals surface area (Å²) < 4.78 is 165. The van der Waals surface area contributed by atoms with Crippen LogP contribution in [-0.2, 0) is 82.4 Å². The Bertz CT molecular complexity index is 4950. The molecule has 0 spiro atoms. The van der Waals surface area contributed by atoms with Crippen LogP contribution in [0.2, 0.25) is 0 Å². The first-order valence-electron chi connectivity index (χ1n) is 34.9. The van der Waals surface area contributed by atoms with Gasteiger partial charge in [-0.3, -0.25) is 18.2 Å². The van der Waals surface area contributed by atoms with Gasteiger partial charge in [0.1, 0.15) is 34.5 Å². The maximum Gasteiger partial charge on any atom is 0.294 e. The summed E-state index contributed by atoms with van der Waals surface area (Å²) >= 11 is 0. The molecule has 11 rings (SSSR count). The molecule has 10 aromatic carbocycles. The van der Waals surface area contributed by atoms with Crippen molar-refractivity contribution in [2.75, 3.05) is 26.4 Å². The molecule has 10 aromatic rings. The molecule has 1 heterocycles. The number of hydrogen-bond acceptors (Lipinski definition) is 13. The van der Waals surface area contributed by atoms with Gasteiger partial charge in [-0.25, -0.2) is 0 Å². The Hall–Kier alpha value is -8.30. The summed E-state index contributed by atoms with van der Waals surface area (Å²) in [5.41, 5.74) is 6.60. The lowest BCUT2D eigenvalue weighted by atomic mass is 9.72. The lowest BCUT2D eigenvalue weighted by Gasteiger charge is -2.41. The zero-order chi connectivity index (χ0) is 76.0. The van der Waals surface area contributed by atoms with E-state index < -0.39 is 67.1 Å². The predicted molar refractivity (Wildman–Crippen MR) is 420 cm³/mol. The van der Waals surface area contributed by atoms with Gasteiger partial charge in [-0.05, 0) is 236 Å². The Kier molecular flexibility index (Phi) is 24.3. The largest absolute Gasteiger partial charge is 0.494 e. The van der Waals surface area contributed by atoms with E-state index in [2.05, 4.69) is 128 Å². The number of aryl methyl sites for hydroxylation is 4. The van der Waals surface area contributed by atoms with Gasteiger partial charge in [-0.2, -0.15) is 33.7 Å². The Morgan fingerprint density at radius 3 is 0.915 bits per heavy atom. The number of ether oxygens (including phenoxy) is 5. The van der Waals surface area contributed by atoms with Crippen LogP contribution in [0.5, 0.6) is 34.5 Å². The average molecular weight is 1550 g/mol. The number of hydrogen-bond donors (Lipinski definition) is 4. The third kappa shape index (κ3) is 19.7. The first-order chi connectivity index (χ1) is 50.1. The number of benzene rings is 10. The summed E-state index contributed by atoms with van der Waals surface area (Å²) in [7, 11) is -20.1. The van der Waals surface area contributed by atoms with Crippen molar-refractivity contribution in [3.63, 3.8) is 0 Å². The normalized spacial score (nSPS) is 13.2. The zero-order valence-corrected chi connectivity index (χ0v) is 65.4. The standard InChI is InChI=1S/C83H88O17P2S4/c1-81(2,3)61-55-76-78(77(56-61)101(66-33-25-62(26-34-66)96-51-9-13-57-17-41-70(42-18-57)103(84,85)86)67-35-27-63(28-36-67)97-52-10-14-58-19-43-71(44-20-58)104(87,88)89)100-79-74(83(76,7)8)49-50-75(82(4,5)6)80(79)102(68-37-29-64(30-38-68)98-53-11-15-59-21-45-72(46-22-59)105(90,91)92)69-39-31-65(32-40-69)99-54-12-16-60-23-47-73(48-24-60)106(93,94)95/h17-50,55-56H,9-16,51-54H2,1-8H3,(H,84,85,86)(H,87,88,89)(H,90,91,92)(H,93,94,95). The van der Waals surface area contributed by atoms with Crippen LogP contribution in [0.3, 0.4) is 0 Å². The second-order valence-electron chi connectivity index (χ2n) is 28.9. The predicted octanol–water partition coefficient (Wildman–Crippen LogP) is 15.3. The van der Waals surface area contributed by atoms with Crippen LogP contribution in [0.25, 0.3) is 0 Å². The molecule has 1 aliphatic rings. The third-order valence-corrected chi connectivity index (χ3v) is 27.1. The Morgan fingerprint density at radius 2 is 0.642 bits per heavy atom. The molecule has 17 nitrogen and oxygen atoms in total. The van der Waals surface area contributed by atoms with Crippen LogP contribution < -0.4 is 55.5 Å². The molecular formula is C83H88O17P2S4. The summed E-state index contributed by atoms with van der Waals surface area (Å²) in [6.45, 7) is 19.5. The van der Waals surface area contributed by atoms with Gasteiger partial charge in [0.2, 0.25) is 0 Å². The molecule has 0 saturated heterocycles. The average Bonchev–Trinajstić information content (AvgIpc) is 0.709. The Balaban J connectivity index is 0.964. The topological polar surface area (TPSA) is 264 Å². The SMILES string of the molecule is CC(C)(C)c1cc(P(c2ccc(OCCCc3ccc(S(=O)(=O)O)cc3)cc2)c2ccc(OCCCc3ccc(S(=O)(=O)O)cc3)cc2)c2c(c1)C(C)(C)c1ccc(C(C)(C)C)c(P(c3ccc(OCCCc4ccc(S(=O)(=O)O)cc4)cc3)c3ccc(OCCCc4ccc(S(=O)(=O)O)cc4)cc3)c1O2. The number of fused-ring (bicyclic) bond motifs is 2. The molecule has 556 valence electrons. The van der Waals surface area contributed by atoms with Crippen LogP contribution >= 0.6 is 15.8 Å². The molecule has 0 unspecified atom stereocenters. The van der Waals surface area contributed by atoms with E-state index in [1.165, 1.54) is 48.5 Å². The van der Waals surface area contributed by atoms with Gasteiger partial charge in [-0.1, -0.05) is 171 Å². The molecule has 0 radical (unpaired) electrons. The van der Waals surface area contributed by atoms with Gasteiger partial charge in [0.25, 0.3) is 40.5 Å². The summed E-state index contributed by atoms with van der Waals surface area (Å²) in [6, 6.07) is 66.9. The van der Waals surface area contributed by atoms with Crippen molar-refractivity contribution in [2.45, 2.75) is 143 Å². The van der Waals surface area contributed by atoms with Crippen molar-refractivity contribution >= 4 is 88.1 Å². The molecule has 0 bridgehead atoms. The molecule has 23 heteroatoms. The Labute approximate surface area is 625 Å². The lowest BCUT2D eigenvalue weighted by Crippen LogP contribution is -2.36. The van der Waals surface area contributed by atoms with Crippen LogP contribution in [0.1, 0.15) is 126 Å². The fraction of sp³-hybridized carbons (Fsp3) is 0.277. The summed E-state index contributed by atoms with van der Waals surface area (Å²) in [5, 5.41) is 6.23. The molecular weight excluding hydrogens is 1460 g/mol. The fourth-order valence-corrected chi connectivity index (χ4v) is 19.8. The maximum atomic E-state index is 11.7. The first kappa shape index (κ1) is 78.8. The second kappa shape index (κ2) is 32.6. The van der Waals surface area contributed by atoms with E-state index in [1.807, 2.05) is 48.5 Å². The molecule has 106 heavy (non-hydrogen) atoms. The Morgan fingerprint density at radius 1 is 0.349 bits per heavy atom. The highest BCUT2D eigenvalue weighted by atomic mass is 32.2. The van der Waals surface area contributed by atoms with E-state index in [9.17, 15) is 51.9 Å². The quantitative estimate of drug-likeness (QED) is 0.0185. The zero-order valence-electron chi connectivity index (χ0n) is 60.4. The summed E-state index contributed by atoms with van der Waals surface area (Å²) in [5.74, 6) is 4.26. The smallest absolute Gasteiger partial charge is 0.294 e. The second-order valence-corrected chi connectivity index (χ2v) is 38.9. The lowest BCUT2D eigenvalue weighted by molar-refractivity contribution is 0.311. The summed E-state index contributed by atoms with van der Waals surface area (Å²) in [4.78, 5) is -0.644. The van der Waals surface area contributed by atoms with Crippen LogP contribution in [0.4, 0.5) is 0 Å². The minimum atomic E-state index is -4.31.